The zero-order valence-electron chi connectivity index (χ0n) is 21.4. The summed E-state index contributed by atoms with van der Waals surface area (Å²) in [6, 6.07) is 0. The summed E-state index contributed by atoms with van der Waals surface area (Å²) in [4.78, 5) is 33.5. The predicted molar refractivity (Wildman–Crippen MR) is 118 cm³/mol. The number of carbonyl (C=O) groups excluding carboxylic acids is 1. The molecule has 21 heteroatoms. The van der Waals surface area contributed by atoms with Gasteiger partial charge in [0.1, 0.15) is 0 Å². The minimum absolute atomic E-state index is 0.0326. The molecular weight excluding hydrogens is 618 g/mol. The van der Waals surface area contributed by atoms with Crippen LogP contribution in [0.1, 0.15) is 44.9 Å². The van der Waals surface area contributed by atoms with E-state index in [9.17, 15) is 67.1 Å². The second kappa shape index (κ2) is 16.6. The van der Waals surface area contributed by atoms with Crippen molar-refractivity contribution >= 4 is 18.3 Å². The Bertz CT molecular complexity index is 845. The van der Waals surface area contributed by atoms with Gasteiger partial charge in [0.2, 0.25) is 0 Å². The second-order valence-electron chi connectivity index (χ2n) is 9.34. The van der Waals surface area contributed by atoms with Crippen LogP contribution in [0.25, 0.3) is 0 Å². The van der Waals surface area contributed by atoms with Crippen LogP contribution in [0.5, 0.6) is 0 Å². The molecule has 0 aliphatic carbocycles. The Morgan fingerprint density at radius 1 is 0.690 bits per heavy atom. The molecule has 5 N–H and O–H groups in total. The van der Waals surface area contributed by atoms with Crippen molar-refractivity contribution in [1.82, 2.24) is 16.0 Å². The molecule has 0 heterocycles. The van der Waals surface area contributed by atoms with Crippen molar-refractivity contribution in [3.05, 3.63) is 0 Å². The Morgan fingerprint density at radius 3 is 1.62 bits per heavy atom. The molecule has 0 saturated heterocycles. The van der Waals surface area contributed by atoms with Gasteiger partial charge in [0.05, 0.1) is 5.54 Å². The molecule has 0 saturated carbocycles. The topological polar surface area (TPSA) is 137 Å². The van der Waals surface area contributed by atoms with Crippen molar-refractivity contribution in [2.24, 2.45) is 5.92 Å². The van der Waals surface area contributed by atoms with E-state index in [4.69, 9.17) is 10.2 Å². The number of nitrogens with one attached hydrogen (secondary N) is 3. The number of carbonyl (C=O) groups is 3. The smallest absolute Gasteiger partial charge is 0.407 e. The van der Waals surface area contributed by atoms with Gasteiger partial charge in [-0.05, 0) is 31.6 Å². The minimum Gasteiger partial charge on any atom is -0.465 e. The highest BCUT2D eigenvalue weighted by Gasteiger charge is 2.55. The predicted octanol–water partition coefficient (Wildman–Crippen LogP) is 6.03. The highest BCUT2D eigenvalue weighted by atomic mass is 19.3. The summed E-state index contributed by atoms with van der Waals surface area (Å²) >= 11 is 0. The van der Waals surface area contributed by atoms with Crippen molar-refractivity contribution in [3.63, 3.8) is 0 Å². The lowest BCUT2D eigenvalue weighted by Crippen LogP contribution is -2.56. The number of ether oxygens (including phenoxy) is 1. The highest BCUT2D eigenvalue weighted by Crippen LogP contribution is 2.42. The van der Waals surface area contributed by atoms with Gasteiger partial charge in [0.25, 0.3) is 0 Å². The molecule has 9 nitrogen and oxygen atoms in total. The molecule has 1 atom stereocenters. The van der Waals surface area contributed by atoms with Crippen molar-refractivity contribution in [1.29, 1.82) is 0 Å². The monoisotopic (exact) mass is 647 g/mol. The largest absolute Gasteiger partial charge is 0.465 e. The van der Waals surface area contributed by atoms with E-state index in [2.05, 4.69) is 4.74 Å². The zero-order chi connectivity index (χ0) is 32.9. The van der Waals surface area contributed by atoms with Crippen LogP contribution < -0.4 is 16.0 Å². The van der Waals surface area contributed by atoms with E-state index >= 15 is 0 Å². The lowest BCUT2D eigenvalue weighted by molar-refractivity contribution is -0.173. The molecule has 0 fully saturated rings. The molecule has 42 heavy (non-hydrogen) atoms. The maximum Gasteiger partial charge on any atom is 0.407 e. The van der Waals surface area contributed by atoms with Gasteiger partial charge < -0.3 is 30.9 Å². The number of carboxylic acid groups (broad SMARTS) is 2. The summed E-state index contributed by atoms with van der Waals surface area (Å²) in [7, 11) is 0. The minimum atomic E-state index is -5.14. The third kappa shape index (κ3) is 14.7. The molecule has 1 unspecified atom stereocenters. The number of amides is 3. The summed E-state index contributed by atoms with van der Waals surface area (Å²) in [5.74, 6) is -16.1. The van der Waals surface area contributed by atoms with Crippen molar-refractivity contribution in [3.8, 4) is 0 Å². The van der Waals surface area contributed by atoms with Gasteiger partial charge >= 0.3 is 55.3 Å². The standard InChI is InChI=1S/C21H29F12N3O6/c22-12(23)19(28,29)8-18(36-16(39)40,9-20(30,31)13(24)25)5-4-11(3-1-2-6-34-15(37)38)7-35-17(41)42-10-21(32,33)14(26)27/h11-14,34,36H,1-10H2,(H,35,41)(H,37,38)(H,39,40). The number of alkyl halides is 12. The van der Waals surface area contributed by atoms with E-state index in [-0.39, 0.29) is 25.8 Å². The fraction of sp³-hybridized carbons (Fsp3) is 0.857. The maximum atomic E-state index is 14.0. The van der Waals surface area contributed by atoms with Gasteiger partial charge in [-0.15, -0.1) is 0 Å². The Morgan fingerprint density at radius 2 is 1.19 bits per heavy atom. The summed E-state index contributed by atoms with van der Waals surface area (Å²) < 4.78 is 162. The molecule has 0 aromatic rings. The highest BCUT2D eigenvalue weighted by molar-refractivity contribution is 5.67. The quantitative estimate of drug-likeness (QED) is 0.0809. The third-order valence-electron chi connectivity index (χ3n) is 5.76. The van der Waals surface area contributed by atoms with Crippen molar-refractivity contribution in [2.45, 2.75) is 87.5 Å². The van der Waals surface area contributed by atoms with Crippen LogP contribution in [0, 0.1) is 5.92 Å². The van der Waals surface area contributed by atoms with Crippen molar-refractivity contribution < 1.29 is 82.0 Å². The molecule has 3 amide bonds. The first-order valence-electron chi connectivity index (χ1n) is 11.9. The molecule has 0 aliphatic heterocycles. The number of hydrogen-bond donors (Lipinski definition) is 5. The molecule has 248 valence electrons. The molecule has 0 aromatic heterocycles. The second-order valence-corrected chi connectivity index (χ2v) is 9.34. The maximum absolute atomic E-state index is 14.0. The first-order chi connectivity index (χ1) is 19.0. The van der Waals surface area contributed by atoms with Crippen LogP contribution in [0.15, 0.2) is 0 Å². The van der Waals surface area contributed by atoms with Crippen LogP contribution in [0.4, 0.5) is 67.1 Å². The number of alkyl carbamates (subject to hydrolysis) is 1. The number of hydrogen-bond acceptors (Lipinski definition) is 4. The van der Waals surface area contributed by atoms with Gasteiger partial charge in [0.15, 0.2) is 6.61 Å². The number of unbranched alkanes of at least 4 members (excludes halogenated alkanes) is 1. The van der Waals surface area contributed by atoms with Gasteiger partial charge in [-0.25, -0.2) is 58.3 Å². The van der Waals surface area contributed by atoms with E-state index in [0.29, 0.717) is 0 Å². The van der Waals surface area contributed by atoms with E-state index < -0.39 is 106 Å². The van der Waals surface area contributed by atoms with Gasteiger partial charge in [-0.3, -0.25) is 0 Å². The van der Waals surface area contributed by atoms with E-state index in [0.717, 1.165) is 0 Å². The van der Waals surface area contributed by atoms with Crippen LogP contribution in [0.2, 0.25) is 0 Å². The van der Waals surface area contributed by atoms with Crippen molar-refractivity contribution in [2.75, 3.05) is 19.7 Å². The van der Waals surface area contributed by atoms with Gasteiger partial charge in [0, 0.05) is 25.9 Å². The van der Waals surface area contributed by atoms with Crippen LogP contribution in [-0.4, -0.2) is 90.8 Å². The lowest BCUT2D eigenvalue weighted by Gasteiger charge is -2.39. The fourth-order valence-corrected chi connectivity index (χ4v) is 3.76. The van der Waals surface area contributed by atoms with E-state index in [1.54, 1.807) is 0 Å². The summed E-state index contributed by atoms with van der Waals surface area (Å²) in [5.41, 5.74) is -3.28. The summed E-state index contributed by atoms with van der Waals surface area (Å²) in [5, 5.41) is 22.6. The lowest BCUT2D eigenvalue weighted by atomic mass is 9.79. The average molecular weight is 647 g/mol. The Kier molecular flexibility index (Phi) is 15.4. The van der Waals surface area contributed by atoms with E-state index in [1.807, 2.05) is 10.6 Å². The number of rotatable bonds is 20. The zero-order valence-corrected chi connectivity index (χ0v) is 21.4. The fourth-order valence-electron chi connectivity index (χ4n) is 3.76. The molecule has 0 radical (unpaired) electrons. The third-order valence-corrected chi connectivity index (χ3v) is 5.76. The molecule has 0 rings (SSSR count). The Labute approximate surface area is 230 Å². The first kappa shape index (κ1) is 39.0. The number of halogens is 12. The van der Waals surface area contributed by atoms with Gasteiger partial charge in [-0.1, -0.05) is 6.42 Å². The molecule has 0 bridgehead atoms. The molecule has 0 aromatic carbocycles. The Balaban J connectivity index is 5.96. The molecular formula is C21H29F12N3O6. The molecule has 0 spiro atoms. The normalized spacial score (nSPS) is 13.8. The SMILES string of the molecule is O=C(O)NCCCCC(CCC(CC(F)(F)C(F)F)(CC(F)(F)C(F)F)NC(=O)O)CNC(=O)OCC(F)(F)C(F)F. The van der Waals surface area contributed by atoms with Gasteiger partial charge in [-0.2, -0.15) is 8.78 Å². The van der Waals surface area contributed by atoms with E-state index in [1.165, 1.54) is 5.32 Å². The molecule has 0 aliphatic rings. The van der Waals surface area contributed by atoms with Crippen LogP contribution in [-0.2, 0) is 4.74 Å². The first-order valence-corrected chi connectivity index (χ1v) is 11.9. The Hall–Kier alpha value is -3.03. The summed E-state index contributed by atoms with van der Waals surface area (Å²) in [6.45, 7) is -2.91. The summed E-state index contributed by atoms with van der Waals surface area (Å²) in [6.07, 6.45) is -25.3. The van der Waals surface area contributed by atoms with Crippen LogP contribution >= 0.6 is 0 Å². The average Bonchev–Trinajstić information content (AvgIpc) is 2.82. The van der Waals surface area contributed by atoms with Crippen LogP contribution in [0.3, 0.4) is 0 Å².